The maximum absolute atomic E-state index is 6.83. The Bertz CT molecular complexity index is 1280. The van der Waals surface area contributed by atoms with Gasteiger partial charge in [0.2, 0.25) is 0 Å². The molecule has 0 radical (unpaired) electrons. The number of nitrogens with zero attached hydrogens (tertiary/aromatic N) is 5. The van der Waals surface area contributed by atoms with E-state index in [1.54, 1.807) is 7.11 Å². The Kier molecular flexibility index (Phi) is 4.82. The first-order chi connectivity index (χ1) is 15.6. The number of aromatic nitrogens is 5. The van der Waals surface area contributed by atoms with Gasteiger partial charge in [-0.05, 0) is 31.7 Å². The van der Waals surface area contributed by atoms with E-state index in [4.69, 9.17) is 32.0 Å². The number of nitrogens with one attached hydrogen (secondary N) is 1. The van der Waals surface area contributed by atoms with Crippen molar-refractivity contribution in [1.82, 2.24) is 24.7 Å². The first kappa shape index (κ1) is 20.0. The van der Waals surface area contributed by atoms with Crippen molar-refractivity contribution in [3.8, 4) is 11.1 Å². The molecule has 32 heavy (non-hydrogen) atoms. The van der Waals surface area contributed by atoms with Crippen molar-refractivity contribution in [2.45, 2.75) is 50.4 Å². The minimum atomic E-state index is 0.299. The zero-order valence-corrected chi connectivity index (χ0v) is 18.7. The van der Waals surface area contributed by atoms with E-state index in [2.05, 4.69) is 15.0 Å². The topological polar surface area (TPSA) is 97.9 Å². The van der Waals surface area contributed by atoms with E-state index in [0.717, 1.165) is 51.9 Å². The number of benzene rings is 1. The first-order valence-electron chi connectivity index (χ1n) is 11.2. The summed E-state index contributed by atoms with van der Waals surface area (Å²) in [4.78, 5) is 15.5. The van der Waals surface area contributed by atoms with Crippen LogP contribution in [0.1, 0.15) is 25.7 Å². The second-order valence-corrected chi connectivity index (χ2v) is 9.27. The van der Waals surface area contributed by atoms with Gasteiger partial charge in [0, 0.05) is 54.1 Å². The molecule has 8 nitrogen and oxygen atoms in total. The highest BCUT2D eigenvalue weighted by Crippen LogP contribution is 2.40. The molecule has 0 spiro atoms. The summed E-state index contributed by atoms with van der Waals surface area (Å²) in [6.45, 7) is 1.28. The monoisotopic (exact) mass is 451 g/mol. The Hall–Kier alpha value is -2.68. The molecule has 166 valence electrons. The van der Waals surface area contributed by atoms with Crippen LogP contribution in [0.2, 0.25) is 5.02 Å². The van der Waals surface area contributed by atoms with E-state index in [9.17, 15) is 0 Å². The summed E-state index contributed by atoms with van der Waals surface area (Å²) < 4.78 is 7.02. The number of anilines is 1. The minimum Gasteiger partial charge on any atom is -0.383 e. The van der Waals surface area contributed by atoms with Gasteiger partial charge in [0.1, 0.15) is 11.3 Å². The standard InChI is InChI=1S/C23H26ClN7O/c1-32-7-6-30-12-18-19(29-30)5-4-16(21(18)24)17-10-27-23-22(17)26-11-20(28-23)31-14-2-3-15(31)9-13(25)8-14/h4-5,10-15H,2-3,6-9,25H2,1H3,(H,27,28)/t13-,14+,15-. The molecule has 4 aromatic rings. The number of rotatable bonds is 5. The van der Waals surface area contributed by atoms with E-state index < -0.39 is 0 Å². The molecule has 1 aromatic carbocycles. The van der Waals surface area contributed by atoms with Crippen LogP contribution in [0, 0.1) is 0 Å². The van der Waals surface area contributed by atoms with Crippen LogP contribution in [0.15, 0.2) is 30.7 Å². The molecule has 3 aromatic heterocycles. The number of hydrogen-bond donors (Lipinski definition) is 2. The fourth-order valence-electron chi connectivity index (χ4n) is 5.43. The Morgan fingerprint density at radius 2 is 2.03 bits per heavy atom. The molecule has 5 heterocycles. The lowest BCUT2D eigenvalue weighted by atomic mass is 9.98. The van der Waals surface area contributed by atoms with Gasteiger partial charge in [-0.3, -0.25) is 4.68 Å². The van der Waals surface area contributed by atoms with Gasteiger partial charge in [-0.25, -0.2) is 9.97 Å². The third kappa shape index (κ3) is 3.17. The van der Waals surface area contributed by atoms with E-state index >= 15 is 0 Å². The van der Waals surface area contributed by atoms with Crippen LogP contribution in [-0.4, -0.2) is 56.6 Å². The summed E-state index contributed by atoms with van der Waals surface area (Å²) in [6, 6.07) is 5.24. The Balaban J connectivity index is 1.36. The molecule has 0 unspecified atom stereocenters. The Labute approximate surface area is 190 Å². The van der Waals surface area contributed by atoms with Gasteiger partial charge in [-0.1, -0.05) is 17.7 Å². The number of piperidine rings is 1. The molecule has 2 saturated heterocycles. The highest BCUT2D eigenvalue weighted by molar-refractivity contribution is 6.38. The van der Waals surface area contributed by atoms with Crippen molar-refractivity contribution in [2.24, 2.45) is 5.73 Å². The second kappa shape index (κ2) is 7.72. The number of ether oxygens (including phenoxy) is 1. The molecular weight excluding hydrogens is 426 g/mol. The number of methoxy groups -OCH3 is 1. The summed E-state index contributed by atoms with van der Waals surface area (Å²) in [6.07, 6.45) is 10.2. The molecule has 2 aliphatic heterocycles. The molecule has 9 heteroatoms. The van der Waals surface area contributed by atoms with Crippen molar-refractivity contribution in [2.75, 3.05) is 18.6 Å². The molecule has 3 atom stereocenters. The Morgan fingerprint density at radius 1 is 1.22 bits per heavy atom. The van der Waals surface area contributed by atoms with Gasteiger partial charge in [0.15, 0.2) is 5.65 Å². The summed E-state index contributed by atoms with van der Waals surface area (Å²) in [5, 5.41) is 6.17. The van der Waals surface area contributed by atoms with E-state index in [0.29, 0.717) is 36.3 Å². The van der Waals surface area contributed by atoms with E-state index in [-0.39, 0.29) is 0 Å². The van der Waals surface area contributed by atoms with Crippen LogP contribution in [0.3, 0.4) is 0 Å². The van der Waals surface area contributed by atoms with Crippen molar-refractivity contribution < 1.29 is 4.74 Å². The maximum Gasteiger partial charge on any atom is 0.159 e. The van der Waals surface area contributed by atoms with Gasteiger partial charge < -0.3 is 20.4 Å². The predicted octanol–water partition coefficient (Wildman–Crippen LogP) is 3.73. The zero-order chi connectivity index (χ0) is 21.8. The molecule has 0 amide bonds. The lowest BCUT2D eigenvalue weighted by molar-refractivity contribution is 0.184. The summed E-state index contributed by atoms with van der Waals surface area (Å²) in [5.74, 6) is 0.936. The third-order valence-electron chi connectivity index (χ3n) is 6.89. The number of H-pyrrole nitrogens is 1. The SMILES string of the molecule is COCCn1cc2c(Cl)c(-c3c[nH]c4nc(N5[C@@H]6CC[C@H]5C[C@@H](N)C6)cnc34)ccc2n1. The van der Waals surface area contributed by atoms with Crippen LogP contribution >= 0.6 is 11.6 Å². The van der Waals surface area contributed by atoms with Crippen LogP contribution in [0.4, 0.5) is 5.82 Å². The number of hydrogen-bond acceptors (Lipinski definition) is 6. The average Bonchev–Trinajstić information content (AvgIpc) is 3.47. The normalized spacial score (nSPS) is 23.0. The van der Waals surface area contributed by atoms with Crippen LogP contribution in [0.5, 0.6) is 0 Å². The van der Waals surface area contributed by atoms with Crippen molar-refractivity contribution >= 4 is 39.5 Å². The molecule has 2 bridgehead atoms. The van der Waals surface area contributed by atoms with E-state index in [1.165, 1.54) is 12.8 Å². The molecule has 6 rings (SSSR count). The highest BCUT2D eigenvalue weighted by Gasteiger charge is 2.40. The van der Waals surface area contributed by atoms with Gasteiger partial charge >= 0.3 is 0 Å². The zero-order valence-electron chi connectivity index (χ0n) is 18.0. The molecular formula is C23H26ClN7O. The molecule has 0 saturated carbocycles. The largest absolute Gasteiger partial charge is 0.383 e. The number of nitrogens with two attached hydrogens (primary N) is 1. The van der Waals surface area contributed by atoms with Crippen molar-refractivity contribution in [3.63, 3.8) is 0 Å². The number of halogens is 1. The second-order valence-electron chi connectivity index (χ2n) is 8.90. The maximum atomic E-state index is 6.83. The first-order valence-corrected chi connectivity index (χ1v) is 11.5. The van der Waals surface area contributed by atoms with Crippen LogP contribution < -0.4 is 10.6 Å². The van der Waals surface area contributed by atoms with Gasteiger partial charge in [-0.2, -0.15) is 5.10 Å². The lowest BCUT2D eigenvalue weighted by Gasteiger charge is -2.38. The Morgan fingerprint density at radius 3 is 2.81 bits per heavy atom. The quantitative estimate of drug-likeness (QED) is 0.479. The summed E-state index contributed by atoms with van der Waals surface area (Å²) in [7, 11) is 1.68. The summed E-state index contributed by atoms with van der Waals surface area (Å²) in [5.41, 5.74) is 10.6. The van der Waals surface area contributed by atoms with Gasteiger partial charge in [0.05, 0.1) is 29.9 Å². The molecule has 2 aliphatic rings. The fourth-order valence-corrected chi connectivity index (χ4v) is 5.74. The highest BCUT2D eigenvalue weighted by atomic mass is 35.5. The smallest absolute Gasteiger partial charge is 0.159 e. The average molecular weight is 452 g/mol. The predicted molar refractivity (Wildman–Crippen MR) is 126 cm³/mol. The molecule has 3 N–H and O–H groups in total. The third-order valence-corrected chi connectivity index (χ3v) is 7.30. The van der Waals surface area contributed by atoms with Crippen molar-refractivity contribution in [1.29, 1.82) is 0 Å². The summed E-state index contributed by atoms with van der Waals surface area (Å²) >= 11 is 6.83. The van der Waals surface area contributed by atoms with E-state index in [1.807, 2.05) is 35.4 Å². The van der Waals surface area contributed by atoms with Crippen molar-refractivity contribution in [3.05, 3.63) is 35.7 Å². The molecule has 2 fully saturated rings. The lowest BCUT2D eigenvalue weighted by Crippen LogP contribution is -2.47. The minimum absolute atomic E-state index is 0.299. The molecule has 0 aliphatic carbocycles. The van der Waals surface area contributed by atoms with Crippen LogP contribution in [-0.2, 0) is 11.3 Å². The van der Waals surface area contributed by atoms with Gasteiger partial charge in [0.25, 0.3) is 0 Å². The van der Waals surface area contributed by atoms with Gasteiger partial charge in [-0.15, -0.1) is 0 Å². The van der Waals surface area contributed by atoms with Crippen LogP contribution in [0.25, 0.3) is 33.2 Å². The number of fused-ring (bicyclic) bond motifs is 4. The fraction of sp³-hybridized carbons (Fsp3) is 0.435. The number of aromatic amines is 1.